The Morgan fingerprint density at radius 3 is 2.07 bits per heavy atom. The normalized spacial score (nSPS) is 11.9. The number of carbonyl (C=O) groups excluding carboxylic acids is 1. The van der Waals surface area contributed by atoms with Crippen molar-refractivity contribution < 1.29 is 4.79 Å². The lowest BCUT2D eigenvalue weighted by molar-refractivity contribution is -0.127. The minimum atomic E-state index is -0.461. The molecule has 14 heavy (non-hydrogen) atoms. The number of amides is 1. The molecule has 0 unspecified atom stereocenters. The van der Waals surface area contributed by atoms with Crippen LogP contribution < -0.4 is 10.6 Å². The third-order valence-corrected chi connectivity index (χ3v) is 2.51. The zero-order valence-corrected chi connectivity index (χ0v) is 10.1. The summed E-state index contributed by atoms with van der Waals surface area (Å²) >= 11 is 0. The average Bonchev–Trinajstić information content (AvgIpc) is 2.13. The molecule has 0 aromatic rings. The van der Waals surface area contributed by atoms with E-state index in [0.717, 1.165) is 19.4 Å². The molecule has 0 saturated carbocycles. The summed E-state index contributed by atoms with van der Waals surface area (Å²) < 4.78 is 0. The van der Waals surface area contributed by atoms with Crippen LogP contribution in [0.25, 0.3) is 0 Å². The van der Waals surface area contributed by atoms with E-state index in [1.165, 1.54) is 0 Å². The topological polar surface area (TPSA) is 41.1 Å². The Hall–Kier alpha value is -0.570. The van der Waals surface area contributed by atoms with Gasteiger partial charge in [-0.05, 0) is 33.2 Å². The molecular weight excluding hydrogens is 176 g/mol. The highest BCUT2D eigenvalue weighted by molar-refractivity contribution is 5.85. The predicted octanol–water partition coefficient (Wildman–Crippen LogP) is 1.68. The van der Waals surface area contributed by atoms with E-state index >= 15 is 0 Å². The molecule has 3 nitrogen and oxygen atoms in total. The van der Waals surface area contributed by atoms with Crippen LogP contribution in [0.2, 0.25) is 0 Å². The SMILES string of the molecule is CCNC(C)(C)C(=O)NC(CC)CC. The summed E-state index contributed by atoms with van der Waals surface area (Å²) in [7, 11) is 0. The summed E-state index contributed by atoms with van der Waals surface area (Å²) in [5, 5.41) is 6.20. The smallest absolute Gasteiger partial charge is 0.239 e. The molecule has 0 fully saturated rings. The lowest BCUT2D eigenvalue weighted by atomic mass is 10.0. The number of likely N-dealkylation sites (N-methyl/N-ethyl adjacent to an activating group) is 1. The maximum Gasteiger partial charge on any atom is 0.239 e. The minimum absolute atomic E-state index is 0.0908. The fourth-order valence-corrected chi connectivity index (χ4v) is 1.38. The van der Waals surface area contributed by atoms with E-state index in [1.54, 1.807) is 0 Å². The van der Waals surface area contributed by atoms with E-state index in [1.807, 2.05) is 20.8 Å². The second kappa shape index (κ2) is 6.02. The molecule has 0 radical (unpaired) electrons. The van der Waals surface area contributed by atoms with E-state index in [0.29, 0.717) is 6.04 Å². The van der Waals surface area contributed by atoms with Crippen LogP contribution in [0.5, 0.6) is 0 Å². The van der Waals surface area contributed by atoms with Crippen LogP contribution in [0, 0.1) is 0 Å². The lowest BCUT2D eigenvalue weighted by Crippen LogP contribution is -2.54. The Morgan fingerprint density at radius 2 is 1.71 bits per heavy atom. The molecule has 0 aliphatic rings. The number of carbonyl (C=O) groups is 1. The highest BCUT2D eigenvalue weighted by Crippen LogP contribution is 2.04. The summed E-state index contributed by atoms with van der Waals surface area (Å²) in [6, 6.07) is 0.306. The number of hydrogen-bond donors (Lipinski definition) is 2. The Bertz CT molecular complexity index is 174. The molecule has 0 aromatic carbocycles. The first kappa shape index (κ1) is 13.4. The zero-order chi connectivity index (χ0) is 11.2. The fourth-order valence-electron chi connectivity index (χ4n) is 1.38. The van der Waals surface area contributed by atoms with Crippen LogP contribution in [-0.2, 0) is 4.79 Å². The van der Waals surface area contributed by atoms with E-state index in [-0.39, 0.29) is 5.91 Å². The molecule has 0 aliphatic heterocycles. The van der Waals surface area contributed by atoms with Crippen molar-refractivity contribution in [3.63, 3.8) is 0 Å². The summed E-state index contributed by atoms with van der Waals surface area (Å²) in [4.78, 5) is 11.8. The molecule has 0 saturated heterocycles. The summed E-state index contributed by atoms with van der Waals surface area (Å²) in [6.45, 7) is 10.8. The maximum atomic E-state index is 11.8. The number of nitrogens with one attached hydrogen (secondary N) is 2. The molecule has 0 aromatic heterocycles. The van der Waals surface area contributed by atoms with Crippen molar-refractivity contribution in [2.45, 2.75) is 59.0 Å². The lowest BCUT2D eigenvalue weighted by Gasteiger charge is -2.27. The van der Waals surface area contributed by atoms with Gasteiger partial charge in [0.1, 0.15) is 0 Å². The van der Waals surface area contributed by atoms with Crippen molar-refractivity contribution in [2.75, 3.05) is 6.54 Å². The van der Waals surface area contributed by atoms with Crippen molar-refractivity contribution in [2.24, 2.45) is 0 Å². The molecule has 2 N–H and O–H groups in total. The maximum absolute atomic E-state index is 11.8. The van der Waals surface area contributed by atoms with Gasteiger partial charge in [0.05, 0.1) is 5.54 Å². The van der Waals surface area contributed by atoms with Gasteiger partial charge in [-0.15, -0.1) is 0 Å². The van der Waals surface area contributed by atoms with Gasteiger partial charge < -0.3 is 10.6 Å². The van der Waals surface area contributed by atoms with Crippen LogP contribution in [0.1, 0.15) is 47.5 Å². The third-order valence-electron chi connectivity index (χ3n) is 2.51. The second-order valence-corrected chi connectivity index (χ2v) is 4.14. The first-order valence-electron chi connectivity index (χ1n) is 5.53. The van der Waals surface area contributed by atoms with Crippen LogP contribution in [-0.4, -0.2) is 24.0 Å². The van der Waals surface area contributed by atoms with Gasteiger partial charge in [0.2, 0.25) is 5.91 Å². The van der Waals surface area contributed by atoms with Crippen LogP contribution >= 0.6 is 0 Å². The first-order valence-corrected chi connectivity index (χ1v) is 5.53. The van der Waals surface area contributed by atoms with Crippen molar-refractivity contribution in [1.82, 2.24) is 10.6 Å². The van der Waals surface area contributed by atoms with E-state index in [4.69, 9.17) is 0 Å². The van der Waals surface area contributed by atoms with Gasteiger partial charge in [0, 0.05) is 6.04 Å². The highest BCUT2D eigenvalue weighted by Gasteiger charge is 2.27. The molecule has 0 heterocycles. The third kappa shape index (κ3) is 4.09. The number of hydrogen-bond acceptors (Lipinski definition) is 2. The molecule has 84 valence electrons. The molecule has 0 atom stereocenters. The predicted molar refractivity (Wildman–Crippen MR) is 60.3 cm³/mol. The molecule has 0 rings (SSSR count). The second-order valence-electron chi connectivity index (χ2n) is 4.14. The fraction of sp³-hybridized carbons (Fsp3) is 0.909. The van der Waals surface area contributed by atoms with Crippen molar-refractivity contribution >= 4 is 5.91 Å². The molecule has 3 heteroatoms. The molecule has 0 aliphatic carbocycles. The quantitative estimate of drug-likeness (QED) is 0.685. The van der Waals surface area contributed by atoms with Gasteiger partial charge >= 0.3 is 0 Å². The number of rotatable bonds is 6. The standard InChI is InChI=1S/C11H24N2O/c1-6-9(7-2)13-10(14)11(4,5)12-8-3/h9,12H,6-8H2,1-5H3,(H,13,14). The Morgan fingerprint density at radius 1 is 1.21 bits per heavy atom. The van der Waals surface area contributed by atoms with Gasteiger partial charge in [0.15, 0.2) is 0 Å². The zero-order valence-electron chi connectivity index (χ0n) is 10.1. The van der Waals surface area contributed by atoms with Crippen LogP contribution in [0.3, 0.4) is 0 Å². The van der Waals surface area contributed by atoms with Crippen molar-refractivity contribution in [3.05, 3.63) is 0 Å². The molecule has 1 amide bonds. The van der Waals surface area contributed by atoms with Gasteiger partial charge in [-0.2, -0.15) is 0 Å². The highest BCUT2D eigenvalue weighted by atomic mass is 16.2. The Labute approximate surface area is 87.6 Å². The summed E-state index contributed by atoms with van der Waals surface area (Å²) in [5.41, 5.74) is -0.461. The van der Waals surface area contributed by atoms with Gasteiger partial charge in [0.25, 0.3) is 0 Å². The van der Waals surface area contributed by atoms with Gasteiger partial charge in [-0.1, -0.05) is 20.8 Å². The van der Waals surface area contributed by atoms with E-state index in [2.05, 4.69) is 24.5 Å². The van der Waals surface area contributed by atoms with Gasteiger partial charge in [-0.25, -0.2) is 0 Å². The summed E-state index contributed by atoms with van der Waals surface area (Å²) in [5.74, 6) is 0.0908. The van der Waals surface area contributed by atoms with Gasteiger partial charge in [-0.3, -0.25) is 4.79 Å². The van der Waals surface area contributed by atoms with E-state index < -0.39 is 5.54 Å². The summed E-state index contributed by atoms with van der Waals surface area (Å²) in [6.07, 6.45) is 1.98. The first-order chi connectivity index (χ1) is 6.47. The average molecular weight is 200 g/mol. The largest absolute Gasteiger partial charge is 0.352 e. The molecule has 0 bridgehead atoms. The Balaban J connectivity index is 4.17. The minimum Gasteiger partial charge on any atom is -0.352 e. The van der Waals surface area contributed by atoms with Crippen molar-refractivity contribution in [1.29, 1.82) is 0 Å². The monoisotopic (exact) mass is 200 g/mol. The van der Waals surface area contributed by atoms with Crippen LogP contribution in [0.15, 0.2) is 0 Å². The molecular formula is C11H24N2O. The van der Waals surface area contributed by atoms with Crippen molar-refractivity contribution in [3.8, 4) is 0 Å². The Kier molecular flexibility index (Phi) is 5.77. The van der Waals surface area contributed by atoms with E-state index in [9.17, 15) is 4.79 Å². The van der Waals surface area contributed by atoms with Crippen LogP contribution in [0.4, 0.5) is 0 Å². The molecule has 0 spiro atoms.